The number of alkyl halides is 3. The van der Waals surface area contributed by atoms with Gasteiger partial charge in [0.15, 0.2) is 5.82 Å². The lowest BCUT2D eigenvalue weighted by Gasteiger charge is -2.11. The molecule has 2 aliphatic heterocycles. The maximum Gasteiger partial charge on any atom is 0.432 e. The number of aromatic nitrogens is 3. The van der Waals surface area contributed by atoms with Gasteiger partial charge in [-0.15, -0.1) is 0 Å². The first kappa shape index (κ1) is 12.5. The fourth-order valence-corrected chi connectivity index (χ4v) is 1.54. The van der Waals surface area contributed by atoms with Crippen molar-refractivity contribution < 1.29 is 13.2 Å². The predicted octanol–water partition coefficient (Wildman–Crippen LogP) is 2.41. The number of hydrogen-bond acceptors (Lipinski definition) is 3. The molecule has 0 radical (unpaired) electrons. The van der Waals surface area contributed by atoms with E-state index in [1.807, 2.05) is 0 Å². The molecule has 2 rings (SSSR count). The van der Waals surface area contributed by atoms with Crippen molar-refractivity contribution in [1.82, 2.24) is 15.0 Å². The van der Waals surface area contributed by atoms with E-state index in [2.05, 4.69) is 15.0 Å². The first-order valence-electron chi connectivity index (χ1n) is 5.26. The second-order valence-electron chi connectivity index (χ2n) is 4.20. The Morgan fingerprint density at radius 3 is 2.56 bits per heavy atom. The highest BCUT2D eigenvalue weighted by atomic mass is 19.4. The molecule has 0 atom stereocenters. The highest BCUT2D eigenvalue weighted by molar-refractivity contribution is 5.52. The Labute approximate surface area is 100 Å². The minimum Gasteiger partial charge on any atom is -0.333 e. The van der Waals surface area contributed by atoms with E-state index in [9.17, 15) is 18.0 Å². The highest BCUT2D eigenvalue weighted by Crippen LogP contribution is 2.29. The molecule has 0 spiro atoms. The van der Waals surface area contributed by atoms with Crippen LogP contribution in [0, 0.1) is 0 Å². The SMILES string of the molecule is CC(C)c1cc2ncc(C(F)(F)F)[nH]c-2nc1=O. The summed E-state index contributed by atoms with van der Waals surface area (Å²) >= 11 is 0. The third-order valence-electron chi connectivity index (χ3n) is 2.51. The molecule has 0 saturated carbocycles. The van der Waals surface area contributed by atoms with E-state index >= 15 is 0 Å². The Kier molecular flexibility index (Phi) is 2.84. The number of fused-ring (bicyclic) bond motifs is 1. The molecular weight excluding hydrogens is 247 g/mol. The van der Waals surface area contributed by atoms with Gasteiger partial charge in [-0.3, -0.25) is 9.78 Å². The lowest BCUT2D eigenvalue weighted by Crippen LogP contribution is -2.18. The van der Waals surface area contributed by atoms with Crippen LogP contribution < -0.4 is 5.56 Å². The maximum absolute atomic E-state index is 12.4. The zero-order valence-corrected chi connectivity index (χ0v) is 9.67. The van der Waals surface area contributed by atoms with Gasteiger partial charge in [-0.1, -0.05) is 13.8 Å². The van der Waals surface area contributed by atoms with Gasteiger partial charge in [0, 0.05) is 5.56 Å². The lowest BCUT2D eigenvalue weighted by molar-refractivity contribution is -0.141. The van der Waals surface area contributed by atoms with Crippen molar-refractivity contribution in [1.29, 1.82) is 0 Å². The molecule has 0 aromatic heterocycles. The van der Waals surface area contributed by atoms with Crippen molar-refractivity contribution in [3.63, 3.8) is 0 Å². The molecule has 2 aliphatic rings. The van der Waals surface area contributed by atoms with E-state index in [-0.39, 0.29) is 17.4 Å². The fraction of sp³-hybridized carbons (Fsp3) is 0.364. The number of hydrogen-bond donors (Lipinski definition) is 1. The molecule has 0 bridgehead atoms. The highest BCUT2D eigenvalue weighted by Gasteiger charge is 2.33. The summed E-state index contributed by atoms with van der Waals surface area (Å²) in [5.74, 6) is -0.210. The topological polar surface area (TPSA) is 58.6 Å². The molecule has 0 fully saturated rings. The Morgan fingerprint density at radius 1 is 1.33 bits per heavy atom. The first-order valence-corrected chi connectivity index (χ1v) is 5.26. The van der Waals surface area contributed by atoms with Crippen LogP contribution in [0.5, 0.6) is 0 Å². The van der Waals surface area contributed by atoms with E-state index in [1.54, 1.807) is 13.8 Å². The second kappa shape index (κ2) is 4.08. The number of H-pyrrole nitrogens is 1. The van der Waals surface area contributed by atoms with Crippen molar-refractivity contribution in [3.05, 3.63) is 33.9 Å². The van der Waals surface area contributed by atoms with E-state index < -0.39 is 17.4 Å². The molecule has 2 heterocycles. The van der Waals surface area contributed by atoms with Crippen molar-refractivity contribution in [2.24, 2.45) is 0 Å². The summed E-state index contributed by atoms with van der Waals surface area (Å²) in [5.41, 5.74) is -0.886. The quantitative estimate of drug-likeness (QED) is 0.853. The van der Waals surface area contributed by atoms with Crippen molar-refractivity contribution in [2.75, 3.05) is 0 Å². The molecule has 0 aromatic carbocycles. The summed E-state index contributed by atoms with van der Waals surface area (Å²) < 4.78 is 37.3. The van der Waals surface area contributed by atoms with Crippen molar-refractivity contribution in [3.8, 4) is 11.5 Å². The van der Waals surface area contributed by atoms with Crippen molar-refractivity contribution >= 4 is 0 Å². The molecule has 0 unspecified atom stereocenters. The minimum absolute atomic E-state index is 0.0570. The summed E-state index contributed by atoms with van der Waals surface area (Å²) in [6.45, 7) is 3.61. The molecule has 1 N–H and O–H groups in total. The molecule has 7 heteroatoms. The molecule has 0 amide bonds. The van der Waals surface area contributed by atoms with Crippen LogP contribution >= 0.6 is 0 Å². The van der Waals surface area contributed by atoms with Crippen LogP contribution in [0.2, 0.25) is 0 Å². The van der Waals surface area contributed by atoms with Gasteiger partial charge in [-0.05, 0) is 12.0 Å². The third-order valence-corrected chi connectivity index (χ3v) is 2.51. The number of rotatable bonds is 1. The molecule has 0 aliphatic carbocycles. The standard InChI is InChI=1S/C11H10F3N3O/c1-5(2)6-3-7-9(17-10(6)18)16-8(4-15-7)11(12,13)14/h3-5H,1-2H3,(H,16,17,18). The maximum atomic E-state index is 12.4. The Balaban J connectivity index is 2.65. The molecule has 4 nitrogen and oxygen atoms in total. The van der Waals surface area contributed by atoms with E-state index in [4.69, 9.17) is 0 Å². The van der Waals surface area contributed by atoms with Crippen LogP contribution in [0.1, 0.15) is 31.0 Å². The van der Waals surface area contributed by atoms with Crippen LogP contribution in [-0.4, -0.2) is 15.0 Å². The van der Waals surface area contributed by atoms with E-state index in [1.165, 1.54) is 6.07 Å². The number of nitrogens with zero attached hydrogens (tertiary/aromatic N) is 2. The van der Waals surface area contributed by atoms with E-state index in [0.29, 0.717) is 11.8 Å². The predicted molar refractivity (Wildman–Crippen MR) is 58.4 cm³/mol. The number of aromatic amines is 1. The van der Waals surface area contributed by atoms with Gasteiger partial charge < -0.3 is 4.98 Å². The van der Waals surface area contributed by atoms with Crippen LogP contribution in [-0.2, 0) is 6.18 Å². The van der Waals surface area contributed by atoms with Gasteiger partial charge in [0.1, 0.15) is 11.4 Å². The molecule has 0 saturated heterocycles. The van der Waals surface area contributed by atoms with Gasteiger partial charge in [-0.2, -0.15) is 18.2 Å². The van der Waals surface area contributed by atoms with Crippen LogP contribution in [0.4, 0.5) is 13.2 Å². The molecule has 18 heavy (non-hydrogen) atoms. The fourth-order valence-electron chi connectivity index (χ4n) is 1.54. The molecule has 0 aromatic rings. The Hall–Kier alpha value is -1.92. The molecule has 96 valence electrons. The number of halogens is 3. The lowest BCUT2D eigenvalue weighted by atomic mass is 10.0. The largest absolute Gasteiger partial charge is 0.432 e. The van der Waals surface area contributed by atoms with Gasteiger partial charge in [0.05, 0.1) is 6.20 Å². The summed E-state index contributed by atoms with van der Waals surface area (Å²) in [4.78, 5) is 20.9. The summed E-state index contributed by atoms with van der Waals surface area (Å²) in [5, 5.41) is 0. The zero-order valence-electron chi connectivity index (χ0n) is 9.67. The van der Waals surface area contributed by atoms with Crippen LogP contribution in [0.25, 0.3) is 11.5 Å². The smallest absolute Gasteiger partial charge is 0.333 e. The summed E-state index contributed by atoms with van der Waals surface area (Å²) in [6.07, 6.45) is -3.85. The van der Waals surface area contributed by atoms with Crippen molar-refractivity contribution in [2.45, 2.75) is 25.9 Å². The van der Waals surface area contributed by atoms with Crippen LogP contribution in [0.3, 0.4) is 0 Å². The Morgan fingerprint density at radius 2 is 2.00 bits per heavy atom. The Bertz CT molecular complexity index is 604. The van der Waals surface area contributed by atoms with Gasteiger partial charge in [0.2, 0.25) is 0 Å². The average Bonchev–Trinajstić information content (AvgIpc) is 2.25. The minimum atomic E-state index is -4.54. The normalized spacial score (nSPS) is 12.3. The number of pyridine rings is 1. The first-order chi connectivity index (χ1) is 8.29. The monoisotopic (exact) mass is 257 g/mol. The summed E-state index contributed by atoms with van der Waals surface area (Å²) in [6, 6.07) is 1.46. The van der Waals surface area contributed by atoms with Crippen LogP contribution in [0.15, 0.2) is 17.1 Å². The zero-order chi connectivity index (χ0) is 13.5. The van der Waals surface area contributed by atoms with E-state index in [0.717, 1.165) is 0 Å². The molecular formula is C11H10F3N3O. The summed E-state index contributed by atoms with van der Waals surface area (Å²) in [7, 11) is 0. The average molecular weight is 257 g/mol. The third kappa shape index (κ3) is 2.20. The van der Waals surface area contributed by atoms with Gasteiger partial charge in [0.25, 0.3) is 5.56 Å². The van der Waals surface area contributed by atoms with Gasteiger partial charge >= 0.3 is 6.18 Å². The second-order valence-corrected chi connectivity index (χ2v) is 4.20. The van der Waals surface area contributed by atoms with Gasteiger partial charge in [-0.25, -0.2) is 0 Å². The number of nitrogens with one attached hydrogen (secondary N) is 1.